The van der Waals surface area contributed by atoms with Gasteiger partial charge in [-0.3, -0.25) is 0 Å². The number of benzene rings is 1. The summed E-state index contributed by atoms with van der Waals surface area (Å²) in [6.45, 7) is 0.861. The fourth-order valence-corrected chi connectivity index (χ4v) is 4.69. The molecule has 5 nitrogen and oxygen atoms in total. The Morgan fingerprint density at radius 3 is 2.70 bits per heavy atom. The lowest BCUT2D eigenvalue weighted by atomic mass is 10.2. The van der Waals surface area contributed by atoms with E-state index in [1.807, 2.05) is 6.07 Å². The van der Waals surface area contributed by atoms with Crippen LogP contribution >= 0.6 is 0 Å². The highest BCUT2D eigenvalue weighted by Gasteiger charge is 2.42. The van der Waals surface area contributed by atoms with E-state index < -0.39 is 10.0 Å². The Morgan fingerprint density at radius 1 is 1.25 bits per heavy atom. The molecule has 0 amide bonds. The van der Waals surface area contributed by atoms with Crippen LogP contribution in [0.5, 0.6) is 0 Å². The van der Waals surface area contributed by atoms with E-state index in [9.17, 15) is 8.42 Å². The van der Waals surface area contributed by atoms with Crippen molar-refractivity contribution in [1.82, 2.24) is 4.31 Å². The Kier molecular flexibility index (Phi) is 3.50. The van der Waals surface area contributed by atoms with Crippen molar-refractivity contribution in [3.63, 3.8) is 0 Å². The number of nitrogens with zero attached hydrogens (tertiary/aromatic N) is 2. The molecule has 1 aromatic rings. The summed E-state index contributed by atoms with van der Waals surface area (Å²) in [5.41, 5.74) is 0.463. The molecule has 0 bridgehead atoms. The summed E-state index contributed by atoms with van der Waals surface area (Å²) < 4.78 is 32.7. The fraction of sp³-hybridized carbons (Fsp3) is 0.500. The molecule has 1 aliphatic heterocycles. The lowest BCUT2D eigenvalue weighted by molar-refractivity contribution is -0.0241. The van der Waals surface area contributed by atoms with Gasteiger partial charge in [-0.25, -0.2) is 8.42 Å². The van der Waals surface area contributed by atoms with Crippen LogP contribution in [0, 0.1) is 11.3 Å². The van der Waals surface area contributed by atoms with Gasteiger partial charge in [0.1, 0.15) is 0 Å². The number of hydrogen-bond acceptors (Lipinski definition) is 4. The molecule has 0 spiro atoms. The first-order valence-corrected chi connectivity index (χ1v) is 8.20. The van der Waals surface area contributed by atoms with Gasteiger partial charge < -0.3 is 4.74 Å². The fourth-order valence-electron chi connectivity index (χ4n) is 3.03. The quantitative estimate of drug-likeness (QED) is 0.828. The summed E-state index contributed by atoms with van der Waals surface area (Å²) in [7, 11) is -3.50. The van der Waals surface area contributed by atoms with Gasteiger partial charge in [-0.05, 0) is 43.5 Å². The van der Waals surface area contributed by atoms with E-state index in [1.54, 1.807) is 16.4 Å². The molecule has 0 N–H and O–H groups in total. The molecule has 6 heteroatoms. The van der Waals surface area contributed by atoms with Gasteiger partial charge in [0.2, 0.25) is 10.0 Å². The SMILES string of the molecule is N#Cc1ccc(S(=O)(=O)N2CCOC3CCCC32)cc1. The third-order valence-electron chi connectivity index (χ3n) is 4.02. The Hall–Kier alpha value is -1.42. The molecule has 1 saturated carbocycles. The van der Waals surface area contributed by atoms with Crippen molar-refractivity contribution in [2.24, 2.45) is 0 Å². The van der Waals surface area contributed by atoms with Crippen LogP contribution in [0.4, 0.5) is 0 Å². The standard InChI is InChI=1S/C14H16N2O3S/c15-10-11-4-6-12(7-5-11)20(17,18)16-8-9-19-14-3-1-2-13(14)16/h4-7,13-14H,1-3,8-9H2. The Morgan fingerprint density at radius 2 is 2.00 bits per heavy atom. The summed E-state index contributed by atoms with van der Waals surface area (Å²) in [6.07, 6.45) is 2.84. The molecule has 20 heavy (non-hydrogen) atoms. The van der Waals surface area contributed by atoms with E-state index in [0.717, 1.165) is 19.3 Å². The molecule has 2 atom stereocenters. The van der Waals surface area contributed by atoms with Gasteiger partial charge in [0.25, 0.3) is 0 Å². The first-order valence-electron chi connectivity index (χ1n) is 6.76. The number of nitriles is 1. The number of ether oxygens (including phenoxy) is 1. The lowest BCUT2D eigenvalue weighted by Crippen LogP contribution is -2.51. The van der Waals surface area contributed by atoms with Crippen molar-refractivity contribution in [1.29, 1.82) is 5.26 Å². The number of sulfonamides is 1. The maximum absolute atomic E-state index is 12.7. The first kappa shape index (κ1) is 13.6. The van der Waals surface area contributed by atoms with Gasteiger partial charge in [-0.15, -0.1) is 0 Å². The molecule has 0 radical (unpaired) electrons. The molecular formula is C14H16N2O3S. The average molecular weight is 292 g/mol. The monoisotopic (exact) mass is 292 g/mol. The molecule has 0 aromatic heterocycles. The topological polar surface area (TPSA) is 70.4 Å². The van der Waals surface area contributed by atoms with E-state index in [4.69, 9.17) is 10.00 Å². The minimum absolute atomic E-state index is 0.0376. The smallest absolute Gasteiger partial charge is 0.243 e. The summed E-state index contributed by atoms with van der Waals surface area (Å²) in [5.74, 6) is 0. The zero-order chi connectivity index (χ0) is 14.2. The first-order chi connectivity index (χ1) is 9.63. The number of hydrogen-bond donors (Lipinski definition) is 0. The van der Waals surface area contributed by atoms with Gasteiger partial charge >= 0.3 is 0 Å². The second-order valence-electron chi connectivity index (χ2n) is 5.16. The Balaban J connectivity index is 1.92. The van der Waals surface area contributed by atoms with Crippen LogP contribution in [0.1, 0.15) is 24.8 Å². The van der Waals surface area contributed by atoms with Crippen LogP contribution < -0.4 is 0 Å². The molecule has 2 fully saturated rings. The molecule has 1 aromatic carbocycles. The summed E-state index contributed by atoms with van der Waals surface area (Å²) >= 11 is 0. The molecule has 1 aliphatic carbocycles. The minimum atomic E-state index is -3.50. The highest BCUT2D eigenvalue weighted by Crippen LogP contribution is 2.33. The third-order valence-corrected chi connectivity index (χ3v) is 5.96. The van der Waals surface area contributed by atoms with Crippen molar-refractivity contribution >= 4 is 10.0 Å². The minimum Gasteiger partial charge on any atom is -0.375 e. The Labute approximate surface area is 118 Å². The van der Waals surface area contributed by atoms with Crippen molar-refractivity contribution in [3.8, 4) is 6.07 Å². The van der Waals surface area contributed by atoms with Crippen LogP contribution in [-0.4, -0.2) is 38.0 Å². The maximum Gasteiger partial charge on any atom is 0.243 e. The molecule has 106 valence electrons. The Bertz CT molecular complexity index is 633. The van der Waals surface area contributed by atoms with Crippen molar-refractivity contribution in [2.75, 3.05) is 13.2 Å². The molecule has 2 aliphatic rings. The van der Waals surface area contributed by atoms with E-state index in [2.05, 4.69) is 0 Å². The van der Waals surface area contributed by atoms with Gasteiger partial charge in [0, 0.05) is 6.54 Å². The van der Waals surface area contributed by atoms with E-state index >= 15 is 0 Å². The van der Waals surface area contributed by atoms with Crippen molar-refractivity contribution in [2.45, 2.75) is 36.3 Å². The van der Waals surface area contributed by atoms with Crippen LogP contribution in [0.25, 0.3) is 0 Å². The molecular weight excluding hydrogens is 276 g/mol. The summed E-state index contributed by atoms with van der Waals surface area (Å²) in [5, 5.41) is 8.78. The normalized spacial score (nSPS) is 26.9. The van der Waals surface area contributed by atoms with Gasteiger partial charge in [0.05, 0.1) is 35.3 Å². The van der Waals surface area contributed by atoms with E-state index in [0.29, 0.717) is 18.7 Å². The molecule has 3 rings (SSSR count). The second kappa shape index (κ2) is 5.17. The number of fused-ring (bicyclic) bond motifs is 1. The zero-order valence-electron chi connectivity index (χ0n) is 11.0. The van der Waals surface area contributed by atoms with Gasteiger partial charge in [-0.1, -0.05) is 0 Å². The van der Waals surface area contributed by atoms with E-state index in [1.165, 1.54) is 12.1 Å². The van der Waals surface area contributed by atoms with Gasteiger partial charge in [-0.2, -0.15) is 9.57 Å². The summed E-state index contributed by atoms with van der Waals surface area (Å²) in [6, 6.07) is 8.05. The highest BCUT2D eigenvalue weighted by molar-refractivity contribution is 7.89. The zero-order valence-corrected chi connectivity index (χ0v) is 11.8. The van der Waals surface area contributed by atoms with Crippen LogP contribution in [-0.2, 0) is 14.8 Å². The van der Waals surface area contributed by atoms with Crippen LogP contribution in [0.3, 0.4) is 0 Å². The maximum atomic E-state index is 12.7. The number of rotatable bonds is 2. The third kappa shape index (κ3) is 2.22. The van der Waals surface area contributed by atoms with E-state index in [-0.39, 0.29) is 17.0 Å². The second-order valence-corrected chi connectivity index (χ2v) is 7.05. The summed E-state index contributed by atoms with van der Waals surface area (Å²) in [4.78, 5) is 0.254. The van der Waals surface area contributed by atoms with Crippen molar-refractivity contribution < 1.29 is 13.2 Å². The predicted octanol–water partition coefficient (Wildman–Crippen LogP) is 1.50. The largest absolute Gasteiger partial charge is 0.375 e. The predicted molar refractivity (Wildman–Crippen MR) is 72.4 cm³/mol. The number of morpholine rings is 1. The average Bonchev–Trinajstić information content (AvgIpc) is 2.95. The highest BCUT2D eigenvalue weighted by atomic mass is 32.2. The van der Waals surface area contributed by atoms with Gasteiger partial charge in [0.15, 0.2) is 0 Å². The molecule has 2 unspecified atom stereocenters. The molecule has 1 heterocycles. The van der Waals surface area contributed by atoms with Crippen molar-refractivity contribution in [3.05, 3.63) is 29.8 Å². The van der Waals surface area contributed by atoms with Crippen LogP contribution in [0.2, 0.25) is 0 Å². The lowest BCUT2D eigenvalue weighted by Gasteiger charge is -2.36. The van der Waals surface area contributed by atoms with Crippen LogP contribution in [0.15, 0.2) is 29.2 Å². The molecule has 1 saturated heterocycles.